The molecule has 1 fully saturated rings. The SMILES string of the molecule is CCCCOc1ccc(C(=O)Oc2ccc3c(c2)C(C)c2cc(OC(=O)c4ccc(OC(CCC)C5CO5)cc4F)ccc2-3)c(F)c1. The zero-order chi connectivity index (χ0) is 33.1. The van der Waals surface area contributed by atoms with E-state index < -0.39 is 23.6 Å². The fraction of sp³-hybridized carbons (Fsp3) is 0.316. The van der Waals surface area contributed by atoms with Crippen LogP contribution in [0.25, 0.3) is 11.1 Å². The zero-order valence-corrected chi connectivity index (χ0v) is 26.5. The maximum Gasteiger partial charge on any atom is 0.346 e. The number of carbonyl (C=O) groups excluding carboxylic acids is 2. The van der Waals surface area contributed by atoms with Gasteiger partial charge in [-0.25, -0.2) is 18.4 Å². The molecule has 0 bridgehead atoms. The number of halogens is 2. The summed E-state index contributed by atoms with van der Waals surface area (Å²) in [6.07, 6.45) is 3.35. The monoisotopic (exact) mass is 642 g/mol. The maximum absolute atomic E-state index is 15.0. The first-order chi connectivity index (χ1) is 22.7. The topological polar surface area (TPSA) is 83.6 Å². The fourth-order valence-electron chi connectivity index (χ4n) is 5.78. The molecule has 4 aromatic rings. The highest BCUT2D eigenvalue weighted by Crippen LogP contribution is 2.47. The predicted octanol–water partition coefficient (Wildman–Crippen LogP) is 8.66. The van der Waals surface area contributed by atoms with Crippen LogP contribution >= 0.6 is 0 Å². The normalized spacial score (nSPS) is 16.5. The van der Waals surface area contributed by atoms with Crippen LogP contribution in [0, 0.1) is 11.6 Å². The summed E-state index contributed by atoms with van der Waals surface area (Å²) in [4.78, 5) is 25.8. The Kier molecular flexibility index (Phi) is 9.54. The zero-order valence-electron chi connectivity index (χ0n) is 26.5. The molecule has 1 heterocycles. The molecule has 4 aromatic carbocycles. The Labute approximate surface area is 272 Å². The van der Waals surface area contributed by atoms with Crippen molar-refractivity contribution in [1.29, 1.82) is 0 Å². The lowest BCUT2D eigenvalue weighted by Gasteiger charge is -2.17. The number of ether oxygens (including phenoxy) is 5. The van der Waals surface area contributed by atoms with E-state index in [1.807, 2.05) is 32.9 Å². The number of benzene rings is 4. The van der Waals surface area contributed by atoms with Crippen molar-refractivity contribution in [1.82, 2.24) is 0 Å². The van der Waals surface area contributed by atoms with Gasteiger partial charge in [0.25, 0.3) is 0 Å². The quantitative estimate of drug-likeness (QED) is 0.0625. The Bertz CT molecular complexity index is 1800. The molecule has 244 valence electrons. The van der Waals surface area contributed by atoms with Crippen molar-refractivity contribution in [2.75, 3.05) is 13.2 Å². The van der Waals surface area contributed by atoms with Gasteiger partial charge in [-0.2, -0.15) is 0 Å². The first kappa shape index (κ1) is 32.2. The van der Waals surface area contributed by atoms with Crippen molar-refractivity contribution in [2.24, 2.45) is 0 Å². The molecular weight excluding hydrogens is 606 g/mol. The lowest BCUT2D eigenvalue weighted by atomic mass is 9.99. The highest BCUT2D eigenvalue weighted by Gasteiger charge is 2.34. The molecule has 3 unspecified atom stereocenters. The third-order valence-corrected chi connectivity index (χ3v) is 8.41. The van der Waals surface area contributed by atoms with E-state index in [1.54, 1.807) is 36.4 Å². The molecule has 0 spiro atoms. The third kappa shape index (κ3) is 7.15. The van der Waals surface area contributed by atoms with Crippen molar-refractivity contribution in [3.05, 3.63) is 107 Å². The number of rotatable bonds is 13. The Hall–Kier alpha value is -4.76. The van der Waals surface area contributed by atoms with Crippen LogP contribution in [0.2, 0.25) is 0 Å². The number of carbonyl (C=O) groups is 2. The van der Waals surface area contributed by atoms with Gasteiger partial charge >= 0.3 is 11.9 Å². The van der Waals surface area contributed by atoms with Gasteiger partial charge in [-0.05, 0) is 83.6 Å². The van der Waals surface area contributed by atoms with E-state index in [0.717, 1.165) is 47.9 Å². The molecule has 47 heavy (non-hydrogen) atoms. The van der Waals surface area contributed by atoms with E-state index in [9.17, 15) is 18.4 Å². The van der Waals surface area contributed by atoms with Crippen molar-refractivity contribution >= 4 is 11.9 Å². The van der Waals surface area contributed by atoms with Crippen LogP contribution in [-0.4, -0.2) is 37.4 Å². The van der Waals surface area contributed by atoms with Gasteiger partial charge in [-0.1, -0.05) is 45.7 Å². The van der Waals surface area contributed by atoms with Gasteiger partial charge in [-0.3, -0.25) is 0 Å². The average Bonchev–Trinajstić information content (AvgIpc) is 3.86. The number of epoxide rings is 1. The highest BCUT2D eigenvalue weighted by molar-refractivity contribution is 5.93. The standard InChI is InChI=1S/C38H36F2O7/c1-4-6-16-43-23-8-14-29(33(39)19-23)37(41)46-24-9-12-27-28-13-10-25(18-32(28)22(3)31(27)17-24)47-38(42)30-15-11-26(20-34(30)40)45-35(7-5-2)36-21-44-36/h8-15,17-20,22,35-36H,4-7,16,21H2,1-3H3. The molecular formula is C38H36F2O7. The van der Waals surface area contributed by atoms with Gasteiger partial charge in [0.05, 0.1) is 24.3 Å². The third-order valence-electron chi connectivity index (χ3n) is 8.41. The van der Waals surface area contributed by atoms with Crippen molar-refractivity contribution in [2.45, 2.75) is 64.6 Å². The second-order valence-corrected chi connectivity index (χ2v) is 11.8. The summed E-state index contributed by atoms with van der Waals surface area (Å²) in [5, 5.41) is 0. The Morgan fingerprint density at radius 2 is 1.30 bits per heavy atom. The smallest absolute Gasteiger partial charge is 0.346 e. The average molecular weight is 643 g/mol. The highest BCUT2D eigenvalue weighted by atomic mass is 19.1. The van der Waals surface area contributed by atoms with Crippen LogP contribution < -0.4 is 18.9 Å². The van der Waals surface area contributed by atoms with E-state index >= 15 is 0 Å². The van der Waals surface area contributed by atoms with Gasteiger partial charge in [0, 0.05) is 18.1 Å². The first-order valence-corrected chi connectivity index (χ1v) is 16.0. The van der Waals surface area contributed by atoms with Gasteiger partial charge in [0.15, 0.2) is 0 Å². The second kappa shape index (κ2) is 13.9. The van der Waals surface area contributed by atoms with E-state index in [4.69, 9.17) is 23.7 Å². The molecule has 0 radical (unpaired) electrons. The Morgan fingerprint density at radius 1 is 0.766 bits per heavy atom. The molecule has 1 saturated heterocycles. The summed E-state index contributed by atoms with van der Waals surface area (Å²) in [7, 11) is 0. The molecule has 1 aliphatic carbocycles. The molecule has 7 nitrogen and oxygen atoms in total. The lowest BCUT2D eigenvalue weighted by Crippen LogP contribution is -2.23. The summed E-state index contributed by atoms with van der Waals surface area (Å²) in [5.74, 6) is -2.00. The minimum atomic E-state index is -0.824. The summed E-state index contributed by atoms with van der Waals surface area (Å²) < 4.78 is 57.6. The number of esters is 2. The Morgan fingerprint density at radius 3 is 1.81 bits per heavy atom. The summed E-state index contributed by atoms with van der Waals surface area (Å²) >= 11 is 0. The first-order valence-electron chi connectivity index (χ1n) is 16.0. The molecule has 2 aliphatic rings. The summed E-state index contributed by atoms with van der Waals surface area (Å²) in [6.45, 7) is 7.16. The van der Waals surface area contributed by atoms with Crippen molar-refractivity contribution < 1.29 is 42.1 Å². The molecule has 0 N–H and O–H groups in total. The van der Waals surface area contributed by atoms with Crippen LogP contribution in [0.15, 0.2) is 72.8 Å². The largest absolute Gasteiger partial charge is 0.493 e. The summed E-state index contributed by atoms with van der Waals surface area (Å²) in [5.41, 5.74) is 3.27. The van der Waals surface area contributed by atoms with Gasteiger partial charge in [0.2, 0.25) is 0 Å². The number of fused-ring (bicyclic) bond motifs is 3. The van der Waals surface area contributed by atoms with Gasteiger partial charge in [0.1, 0.15) is 46.8 Å². The van der Waals surface area contributed by atoms with Crippen molar-refractivity contribution in [3.63, 3.8) is 0 Å². The van der Waals surface area contributed by atoms with Crippen LogP contribution in [0.5, 0.6) is 23.0 Å². The van der Waals surface area contributed by atoms with Crippen LogP contribution in [-0.2, 0) is 4.74 Å². The van der Waals surface area contributed by atoms with Crippen LogP contribution in [0.4, 0.5) is 8.78 Å². The minimum absolute atomic E-state index is 0.0147. The minimum Gasteiger partial charge on any atom is -0.493 e. The number of hydrogen-bond acceptors (Lipinski definition) is 7. The van der Waals surface area contributed by atoms with Gasteiger partial charge < -0.3 is 23.7 Å². The molecule has 9 heteroatoms. The molecule has 0 saturated carbocycles. The van der Waals surface area contributed by atoms with E-state index in [0.29, 0.717) is 24.7 Å². The molecule has 0 aromatic heterocycles. The molecule has 6 rings (SSSR count). The molecule has 0 amide bonds. The molecule has 3 atom stereocenters. The van der Waals surface area contributed by atoms with E-state index in [-0.39, 0.29) is 40.8 Å². The van der Waals surface area contributed by atoms with Gasteiger partial charge in [-0.15, -0.1) is 0 Å². The van der Waals surface area contributed by atoms with Crippen molar-refractivity contribution in [3.8, 4) is 34.1 Å². The fourth-order valence-corrected chi connectivity index (χ4v) is 5.78. The Balaban J connectivity index is 1.11. The maximum atomic E-state index is 15.0. The summed E-state index contributed by atoms with van der Waals surface area (Å²) in [6, 6.07) is 18.7. The van der Waals surface area contributed by atoms with E-state index in [1.165, 1.54) is 24.3 Å². The van der Waals surface area contributed by atoms with Crippen LogP contribution in [0.1, 0.15) is 84.2 Å². The lowest BCUT2D eigenvalue weighted by molar-refractivity contribution is 0.0719. The molecule has 1 aliphatic heterocycles. The predicted molar refractivity (Wildman–Crippen MR) is 172 cm³/mol. The number of hydrogen-bond donors (Lipinski definition) is 0. The van der Waals surface area contributed by atoms with E-state index in [2.05, 4.69) is 0 Å². The number of unbranched alkanes of at least 4 members (excludes halogenated alkanes) is 1. The second-order valence-electron chi connectivity index (χ2n) is 11.8. The van der Waals surface area contributed by atoms with Crippen LogP contribution in [0.3, 0.4) is 0 Å².